The molecule has 0 aromatic heterocycles. The molecule has 1 N–H and O–H groups in total. The topological polar surface area (TPSA) is 60.9 Å². The fourth-order valence-corrected chi connectivity index (χ4v) is 3.65. The molecular weight excluding hydrogens is 316 g/mol. The number of likely N-dealkylation sites (N-methyl/N-ethyl adjacent to an activating group) is 1. The van der Waals surface area contributed by atoms with Crippen LogP contribution in [0.25, 0.3) is 10.8 Å². The number of fused-ring (bicyclic) bond motifs is 1. The molecule has 0 radical (unpaired) electrons. The molecule has 25 heavy (non-hydrogen) atoms. The number of benzene rings is 2. The number of amides is 1. The molecule has 5 nitrogen and oxygen atoms in total. The number of carboxylic acid groups (broad SMARTS) is 1. The molecule has 0 saturated carbocycles. The molecule has 1 heterocycles. The quantitative estimate of drug-likeness (QED) is 0.930. The molecular formula is C20H24N2O3. The third kappa shape index (κ3) is 3.99. The van der Waals surface area contributed by atoms with Crippen LogP contribution in [0.1, 0.15) is 29.6 Å². The van der Waals surface area contributed by atoms with Gasteiger partial charge in [-0.25, -0.2) is 0 Å². The Labute approximate surface area is 147 Å². The number of hydrogen-bond acceptors (Lipinski definition) is 3. The SMILES string of the molecule is CN(CC(=O)O)[C@H]1CCCN(C(=O)c2cccc3ccccc23)CC1. The van der Waals surface area contributed by atoms with Crippen LogP contribution >= 0.6 is 0 Å². The summed E-state index contributed by atoms with van der Waals surface area (Å²) in [4.78, 5) is 27.7. The molecule has 1 fully saturated rings. The molecule has 0 aliphatic carbocycles. The number of rotatable bonds is 4. The first-order chi connectivity index (χ1) is 12.1. The van der Waals surface area contributed by atoms with Crippen molar-refractivity contribution in [1.29, 1.82) is 0 Å². The van der Waals surface area contributed by atoms with Crippen molar-refractivity contribution in [2.45, 2.75) is 25.3 Å². The van der Waals surface area contributed by atoms with Crippen molar-refractivity contribution in [2.24, 2.45) is 0 Å². The molecule has 2 aromatic carbocycles. The van der Waals surface area contributed by atoms with Gasteiger partial charge >= 0.3 is 5.97 Å². The molecule has 0 spiro atoms. The van der Waals surface area contributed by atoms with Gasteiger partial charge in [-0.05, 0) is 43.1 Å². The van der Waals surface area contributed by atoms with Crippen LogP contribution in [0.4, 0.5) is 0 Å². The minimum absolute atomic E-state index is 0.0436. The van der Waals surface area contributed by atoms with Crippen molar-refractivity contribution in [2.75, 3.05) is 26.7 Å². The zero-order chi connectivity index (χ0) is 17.8. The Morgan fingerprint density at radius 2 is 1.88 bits per heavy atom. The second-order valence-electron chi connectivity index (χ2n) is 6.71. The predicted octanol–water partition coefficient (Wildman–Crippen LogP) is 2.85. The monoisotopic (exact) mass is 340 g/mol. The largest absolute Gasteiger partial charge is 0.480 e. The van der Waals surface area contributed by atoms with Crippen molar-refractivity contribution in [1.82, 2.24) is 9.80 Å². The molecule has 0 bridgehead atoms. The van der Waals surface area contributed by atoms with Gasteiger partial charge in [-0.1, -0.05) is 36.4 Å². The fraction of sp³-hybridized carbons (Fsp3) is 0.400. The normalized spacial score (nSPS) is 18.3. The Morgan fingerprint density at radius 3 is 2.68 bits per heavy atom. The lowest BCUT2D eigenvalue weighted by Crippen LogP contribution is -2.37. The van der Waals surface area contributed by atoms with Gasteiger partial charge in [0.15, 0.2) is 0 Å². The lowest BCUT2D eigenvalue weighted by Gasteiger charge is -2.25. The summed E-state index contributed by atoms with van der Waals surface area (Å²) in [5, 5.41) is 11.0. The molecule has 5 heteroatoms. The minimum Gasteiger partial charge on any atom is -0.480 e. The summed E-state index contributed by atoms with van der Waals surface area (Å²) in [5.74, 6) is -0.742. The number of aliphatic carboxylic acids is 1. The number of nitrogens with zero attached hydrogens (tertiary/aromatic N) is 2. The van der Waals surface area contributed by atoms with E-state index >= 15 is 0 Å². The fourth-order valence-electron chi connectivity index (χ4n) is 3.65. The van der Waals surface area contributed by atoms with Gasteiger partial charge in [-0.2, -0.15) is 0 Å². The summed E-state index contributed by atoms with van der Waals surface area (Å²) in [6, 6.07) is 14.0. The Kier molecular flexibility index (Phi) is 5.34. The second kappa shape index (κ2) is 7.66. The Bertz CT molecular complexity index is 769. The molecule has 1 aliphatic heterocycles. The summed E-state index contributed by atoms with van der Waals surface area (Å²) in [5.41, 5.74) is 0.746. The van der Waals surface area contributed by atoms with Crippen LogP contribution < -0.4 is 0 Å². The van der Waals surface area contributed by atoms with Gasteiger partial charge < -0.3 is 10.0 Å². The van der Waals surface area contributed by atoms with Crippen LogP contribution in [0.15, 0.2) is 42.5 Å². The summed E-state index contributed by atoms with van der Waals surface area (Å²) < 4.78 is 0. The Morgan fingerprint density at radius 1 is 1.12 bits per heavy atom. The second-order valence-corrected chi connectivity index (χ2v) is 6.71. The Balaban J connectivity index is 1.74. The molecule has 132 valence electrons. The standard InChI is InChI=1S/C20H24N2O3/c1-21(14-19(23)24)16-8-5-12-22(13-11-16)20(25)18-10-4-7-15-6-2-3-9-17(15)18/h2-4,6-7,9-10,16H,5,8,11-14H2,1H3,(H,23,24)/t16-/m0/s1. The van der Waals surface area contributed by atoms with E-state index in [0.717, 1.165) is 42.1 Å². The molecule has 1 aliphatic rings. The zero-order valence-electron chi connectivity index (χ0n) is 14.5. The number of likely N-dealkylation sites (tertiary alicyclic amines) is 1. The molecule has 0 unspecified atom stereocenters. The molecule has 3 rings (SSSR count). The van der Waals surface area contributed by atoms with Gasteiger partial charge in [0, 0.05) is 24.7 Å². The highest BCUT2D eigenvalue weighted by molar-refractivity contribution is 6.07. The maximum absolute atomic E-state index is 13.0. The molecule has 1 amide bonds. The van der Waals surface area contributed by atoms with Crippen LogP contribution in [-0.4, -0.2) is 59.5 Å². The van der Waals surface area contributed by atoms with Crippen molar-refractivity contribution in [3.63, 3.8) is 0 Å². The summed E-state index contributed by atoms with van der Waals surface area (Å²) in [6.07, 6.45) is 2.62. The highest BCUT2D eigenvalue weighted by atomic mass is 16.4. The highest BCUT2D eigenvalue weighted by Crippen LogP contribution is 2.22. The maximum atomic E-state index is 13.0. The minimum atomic E-state index is -0.810. The summed E-state index contributed by atoms with van der Waals surface area (Å²) in [7, 11) is 1.85. The number of carboxylic acids is 1. The first kappa shape index (κ1) is 17.4. The molecule has 1 saturated heterocycles. The van der Waals surface area contributed by atoms with E-state index in [1.54, 1.807) is 0 Å². The van der Waals surface area contributed by atoms with Crippen LogP contribution in [0.3, 0.4) is 0 Å². The van der Waals surface area contributed by atoms with Gasteiger partial charge in [0.05, 0.1) is 6.54 Å². The van der Waals surface area contributed by atoms with Gasteiger partial charge in [0.1, 0.15) is 0 Å². The van der Waals surface area contributed by atoms with E-state index < -0.39 is 5.97 Å². The molecule has 1 atom stereocenters. The third-order valence-electron chi connectivity index (χ3n) is 5.01. The number of hydrogen-bond donors (Lipinski definition) is 1. The van der Waals surface area contributed by atoms with Crippen LogP contribution in [0, 0.1) is 0 Å². The van der Waals surface area contributed by atoms with E-state index in [9.17, 15) is 9.59 Å². The lowest BCUT2D eigenvalue weighted by atomic mass is 10.0. The van der Waals surface area contributed by atoms with Crippen molar-refractivity contribution >= 4 is 22.6 Å². The smallest absolute Gasteiger partial charge is 0.317 e. The van der Waals surface area contributed by atoms with E-state index in [1.807, 2.05) is 59.3 Å². The van der Waals surface area contributed by atoms with Crippen molar-refractivity contribution in [3.8, 4) is 0 Å². The van der Waals surface area contributed by atoms with Gasteiger partial charge in [0.2, 0.25) is 0 Å². The van der Waals surface area contributed by atoms with E-state index in [-0.39, 0.29) is 18.5 Å². The first-order valence-electron chi connectivity index (χ1n) is 8.75. The first-order valence-corrected chi connectivity index (χ1v) is 8.75. The van der Waals surface area contributed by atoms with E-state index in [1.165, 1.54) is 0 Å². The van der Waals surface area contributed by atoms with Gasteiger partial charge in [-0.15, -0.1) is 0 Å². The number of carbonyl (C=O) groups is 2. The average molecular weight is 340 g/mol. The van der Waals surface area contributed by atoms with Crippen molar-refractivity contribution < 1.29 is 14.7 Å². The highest BCUT2D eigenvalue weighted by Gasteiger charge is 2.25. The zero-order valence-corrected chi connectivity index (χ0v) is 14.5. The van der Waals surface area contributed by atoms with Crippen LogP contribution in [0.2, 0.25) is 0 Å². The Hall–Kier alpha value is -2.40. The maximum Gasteiger partial charge on any atom is 0.317 e. The van der Waals surface area contributed by atoms with Crippen LogP contribution in [-0.2, 0) is 4.79 Å². The van der Waals surface area contributed by atoms with E-state index in [2.05, 4.69) is 0 Å². The average Bonchev–Trinajstić information content (AvgIpc) is 2.86. The lowest BCUT2D eigenvalue weighted by molar-refractivity contribution is -0.138. The molecule has 2 aromatic rings. The van der Waals surface area contributed by atoms with Crippen LogP contribution in [0.5, 0.6) is 0 Å². The predicted molar refractivity (Wildman–Crippen MR) is 97.8 cm³/mol. The third-order valence-corrected chi connectivity index (χ3v) is 5.01. The number of carbonyl (C=O) groups excluding carboxylic acids is 1. The van der Waals surface area contributed by atoms with Gasteiger partial charge in [-0.3, -0.25) is 14.5 Å². The van der Waals surface area contributed by atoms with E-state index in [0.29, 0.717) is 6.54 Å². The van der Waals surface area contributed by atoms with Gasteiger partial charge in [0.25, 0.3) is 5.91 Å². The summed E-state index contributed by atoms with van der Waals surface area (Å²) in [6.45, 7) is 1.43. The van der Waals surface area contributed by atoms with E-state index in [4.69, 9.17) is 5.11 Å². The summed E-state index contributed by atoms with van der Waals surface area (Å²) >= 11 is 0. The van der Waals surface area contributed by atoms with Crippen molar-refractivity contribution in [3.05, 3.63) is 48.0 Å².